The van der Waals surface area contributed by atoms with Crippen molar-refractivity contribution in [1.29, 1.82) is 0 Å². The van der Waals surface area contributed by atoms with E-state index in [2.05, 4.69) is 4.90 Å². The van der Waals surface area contributed by atoms with E-state index < -0.39 is 0 Å². The summed E-state index contributed by atoms with van der Waals surface area (Å²) >= 11 is 4.99. The zero-order chi connectivity index (χ0) is 11.1. The molecule has 0 aromatic rings. The molecule has 0 amide bonds. The van der Waals surface area contributed by atoms with Gasteiger partial charge in [0.25, 0.3) is 0 Å². The fourth-order valence-electron chi connectivity index (χ4n) is 2.27. The highest BCUT2D eigenvalue weighted by Gasteiger charge is 2.22. The van der Waals surface area contributed by atoms with Gasteiger partial charge < -0.3 is 10.5 Å². The predicted molar refractivity (Wildman–Crippen MR) is 67.1 cm³/mol. The average molecular weight is 230 g/mol. The van der Waals surface area contributed by atoms with Crippen molar-refractivity contribution < 1.29 is 4.74 Å². The van der Waals surface area contributed by atoms with Gasteiger partial charge in [0.2, 0.25) is 0 Å². The molecule has 0 radical (unpaired) electrons. The third-order valence-corrected chi connectivity index (χ3v) is 3.12. The van der Waals surface area contributed by atoms with Gasteiger partial charge in [0.05, 0.1) is 4.99 Å². The number of methoxy groups -OCH3 is 1. The number of ether oxygens (including phenoxy) is 1. The fraction of sp³-hybridized carbons (Fsp3) is 0.909. The summed E-state index contributed by atoms with van der Waals surface area (Å²) in [7, 11) is 1.74. The number of hydrogen-bond donors (Lipinski definition) is 1. The standard InChI is InChI=1S/C11H22N2OS/c1-14-8-4-7-13(9-11(12)15)10-5-2-3-6-10/h10H,2-9H2,1H3,(H2,12,15). The van der Waals surface area contributed by atoms with E-state index in [-0.39, 0.29) is 0 Å². The molecule has 15 heavy (non-hydrogen) atoms. The molecular weight excluding hydrogens is 208 g/mol. The molecule has 0 aliphatic heterocycles. The summed E-state index contributed by atoms with van der Waals surface area (Å²) in [5, 5.41) is 0. The first-order chi connectivity index (χ1) is 7.24. The molecule has 4 heteroatoms. The van der Waals surface area contributed by atoms with Gasteiger partial charge in [-0.15, -0.1) is 0 Å². The fourth-order valence-corrected chi connectivity index (χ4v) is 2.44. The Bertz CT molecular complexity index is 193. The minimum Gasteiger partial charge on any atom is -0.392 e. The molecule has 0 aromatic heterocycles. The van der Waals surface area contributed by atoms with Crippen molar-refractivity contribution in [3.63, 3.8) is 0 Å². The Balaban J connectivity index is 2.33. The maximum absolute atomic E-state index is 5.62. The van der Waals surface area contributed by atoms with Crippen LogP contribution in [0.1, 0.15) is 32.1 Å². The van der Waals surface area contributed by atoms with Gasteiger partial charge in [-0.1, -0.05) is 25.1 Å². The monoisotopic (exact) mass is 230 g/mol. The van der Waals surface area contributed by atoms with E-state index in [0.717, 1.165) is 26.1 Å². The Morgan fingerprint density at radius 3 is 2.67 bits per heavy atom. The van der Waals surface area contributed by atoms with Crippen LogP contribution in [0.15, 0.2) is 0 Å². The van der Waals surface area contributed by atoms with Crippen LogP contribution >= 0.6 is 12.2 Å². The van der Waals surface area contributed by atoms with Crippen LogP contribution in [0.2, 0.25) is 0 Å². The maximum Gasteiger partial charge on any atom is 0.0870 e. The quantitative estimate of drug-likeness (QED) is 0.532. The summed E-state index contributed by atoms with van der Waals surface area (Å²) in [5.74, 6) is 0. The lowest BCUT2D eigenvalue weighted by Gasteiger charge is -2.28. The number of nitrogens with two attached hydrogens (primary N) is 1. The lowest BCUT2D eigenvalue weighted by molar-refractivity contribution is 0.160. The number of rotatable bonds is 7. The number of hydrogen-bond acceptors (Lipinski definition) is 3. The van der Waals surface area contributed by atoms with Crippen molar-refractivity contribution in [1.82, 2.24) is 4.90 Å². The van der Waals surface area contributed by atoms with E-state index >= 15 is 0 Å². The van der Waals surface area contributed by atoms with Crippen LogP contribution in [0.25, 0.3) is 0 Å². The van der Waals surface area contributed by atoms with Crippen molar-refractivity contribution in [2.45, 2.75) is 38.1 Å². The van der Waals surface area contributed by atoms with Crippen molar-refractivity contribution in [2.24, 2.45) is 5.73 Å². The predicted octanol–water partition coefficient (Wildman–Crippen LogP) is 1.55. The molecule has 2 N–H and O–H groups in total. The number of nitrogens with zero attached hydrogens (tertiary/aromatic N) is 1. The van der Waals surface area contributed by atoms with E-state index in [0.29, 0.717) is 11.0 Å². The lowest BCUT2D eigenvalue weighted by Crippen LogP contribution is -2.40. The van der Waals surface area contributed by atoms with E-state index in [1.165, 1.54) is 25.7 Å². The Morgan fingerprint density at radius 2 is 2.13 bits per heavy atom. The third-order valence-electron chi connectivity index (χ3n) is 2.99. The maximum atomic E-state index is 5.62. The average Bonchev–Trinajstić information content (AvgIpc) is 2.68. The first kappa shape index (κ1) is 12.9. The molecule has 0 atom stereocenters. The minimum atomic E-state index is 0.610. The summed E-state index contributed by atoms with van der Waals surface area (Å²) < 4.78 is 5.07. The zero-order valence-electron chi connectivity index (χ0n) is 9.58. The summed E-state index contributed by atoms with van der Waals surface area (Å²) in [4.78, 5) is 3.04. The Hall–Kier alpha value is -0.190. The molecule has 1 saturated carbocycles. The van der Waals surface area contributed by atoms with Crippen LogP contribution in [0, 0.1) is 0 Å². The second-order valence-corrected chi connectivity index (χ2v) is 4.75. The van der Waals surface area contributed by atoms with Crippen LogP contribution < -0.4 is 5.73 Å². The molecular formula is C11H22N2OS. The normalized spacial score (nSPS) is 17.5. The van der Waals surface area contributed by atoms with Crippen molar-refractivity contribution in [3.05, 3.63) is 0 Å². The molecule has 0 spiro atoms. The van der Waals surface area contributed by atoms with Crippen molar-refractivity contribution in [2.75, 3.05) is 26.8 Å². The van der Waals surface area contributed by atoms with Gasteiger partial charge in [-0.25, -0.2) is 0 Å². The largest absolute Gasteiger partial charge is 0.392 e. The minimum absolute atomic E-state index is 0.610. The van der Waals surface area contributed by atoms with Crippen LogP contribution in [-0.2, 0) is 4.74 Å². The molecule has 1 rings (SSSR count). The molecule has 3 nitrogen and oxygen atoms in total. The molecule has 1 aliphatic rings. The van der Waals surface area contributed by atoms with Gasteiger partial charge in [0.15, 0.2) is 0 Å². The smallest absolute Gasteiger partial charge is 0.0870 e. The Kier molecular flexibility index (Phi) is 6.13. The topological polar surface area (TPSA) is 38.5 Å². The molecule has 0 saturated heterocycles. The summed E-state index contributed by atoms with van der Waals surface area (Å²) in [5.41, 5.74) is 5.62. The van der Waals surface area contributed by atoms with Gasteiger partial charge in [0.1, 0.15) is 0 Å². The summed E-state index contributed by atoms with van der Waals surface area (Å²) in [6, 6.07) is 0.698. The van der Waals surface area contributed by atoms with Crippen LogP contribution in [0.5, 0.6) is 0 Å². The first-order valence-corrected chi connectivity index (χ1v) is 6.16. The van der Waals surface area contributed by atoms with Crippen LogP contribution in [0.3, 0.4) is 0 Å². The van der Waals surface area contributed by atoms with Gasteiger partial charge in [-0.3, -0.25) is 4.90 Å². The molecule has 0 aromatic carbocycles. The second kappa shape index (κ2) is 7.14. The van der Waals surface area contributed by atoms with E-state index in [4.69, 9.17) is 22.7 Å². The highest BCUT2D eigenvalue weighted by molar-refractivity contribution is 7.80. The highest BCUT2D eigenvalue weighted by Crippen LogP contribution is 2.23. The molecule has 1 aliphatic carbocycles. The van der Waals surface area contributed by atoms with Gasteiger partial charge in [-0.05, 0) is 19.3 Å². The Morgan fingerprint density at radius 1 is 1.47 bits per heavy atom. The Labute approximate surface area is 98.0 Å². The second-order valence-electron chi connectivity index (χ2n) is 4.22. The van der Waals surface area contributed by atoms with Gasteiger partial charge >= 0.3 is 0 Å². The van der Waals surface area contributed by atoms with Gasteiger partial charge in [0, 0.05) is 32.8 Å². The van der Waals surface area contributed by atoms with Crippen molar-refractivity contribution in [3.8, 4) is 0 Å². The van der Waals surface area contributed by atoms with E-state index in [1.807, 2.05) is 0 Å². The molecule has 1 fully saturated rings. The zero-order valence-corrected chi connectivity index (χ0v) is 10.4. The van der Waals surface area contributed by atoms with Gasteiger partial charge in [-0.2, -0.15) is 0 Å². The molecule has 88 valence electrons. The molecule has 0 unspecified atom stereocenters. The highest BCUT2D eigenvalue weighted by atomic mass is 32.1. The summed E-state index contributed by atoms with van der Waals surface area (Å²) in [6.07, 6.45) is 6.37. The first-order valence-electron chi connectivity index (χ1n) is 5.75. The number of thiocarbonyl (C=S) groups is 1. The van der Waals surface area contributed by atoms with Crippen LogP contribution in [0.4, 0.5) is 0 Å². The SMILES string of the molecule is COCCCN(CC(N)=S)C1CCCC1. The molecule has 0 bridgehead atoms. The van der Waals surface area contributed by atoms with Crippen LogP contribution in [-0.4, -0.2) is 42.7 Å². The lowest BCUT2D eigenvalue weighted by atomic mass is 10.2. The van der Waals surface area contributed by atoms with E-state index in [1.54, 1.807) is 7.11 Å². The molecule has 0 heterocycles. The van der Waals surface area contributed by atoms with Crippen molar-refractivity contribution >= 4 is 17.2 Å². The third kappa shape index (κ3) is 4.91. The summed E-state index contributed by atoms with van der Waals surface area (Å²) in [6.45, 7) is 2.64. The van der Waals surface area contributed by atoms with E-state index in [9.17, 15) is 0 Å².